The SMILES string of the molecule is Cl.NC[C@@H]1C[C@H](O)CN1c1nc(Nc2ccc(C(=O)CC(=O)Nc3ccccc3Cl)cc2)nc(N2C[C@H](N)C[C@H](N)C2)n1. The van der Waals surface area contributed by atoms with Crippen LogP contribution in [0.2, 0.25) is 5.02 Å². The first kappa shape index (κ1) is 32.3. The number of benzene rings is 2. The van der Waals surface area contributed by atoms with Gasteiger partial charge in [-0.3, -0.25) is 9.59 Å². The van der Waals surface area contributed by atoms with E-state index in [4.69, 9.17) is 33.8 Å². The molecule has 230 valence electrons. The summed E-state index contributed by atoms with van der Waals surface area (Å²) >= 11 is 6.09. The Bertz CT molecular complexity index is 1420. The lowest BCUT2D eigenvalue weighted by molar-refractivity contribution is -0.115. The number of halogens is 2. The first-order chi connectivity index (χ1) is 20.2. The highest BCUT2D eigenvalue weighted by Gasteiger charge is 2.33. The van der Waals surface area contributed by atoms with Gasteiger partial charge in [0.2, 0.25) is 23.8 Å². The Morgan fingerprint density at radius 2 is 1.63 bits per heavy atom. The summed E-state index contributed by atoms with van der Waals surface area (Å²) in [5.41, 5.74) is 19.9. The second-order valence-corrected chi connectivity index (χ2v) is 11.1. The van der Waals surface area contributed by atoms with Crippen LogP contribution in [0.25, 0.3) is 0 Å². The van der Waals surface area contributed by atoms with Gasteiger partial charge < -0.3 is 42.7 Å². The summed E-state index contributed by atoms with van der Waals surface area (Å²) in [5, 5.41) is 16.5. The second kappa shape index (κ2) is 14.3. The van der Waals surface area contributed by atoms with Crippen molar-refractivity contribution >= 4 is 64.9 Å². The van der Waals surface area contributed by atoms with Crippen LogP contribution < -0.4 is 37.6 Å². The number of aliphatic hydroxyl groups is 1. The monoisotopic (exact) mass is 630 g/mol. The summed E-state index contributed by atoms with van der Waals surface area (Å²) in [6, 6.07) is 13.1. The zero-order chi connectivity index (χ0) is 29.8. The number of carbonyl (C=O) groups excluding carboxylic acids is 2. The molecule has 3 aromatic rings. The van der Waals surface area contributed by atoms with Crippen LogP contribution in [-0.4, -0.2) is 82.2 Å². The molecule has 1 aromatic heterocycles. The molecule has 43 heavy (non-hydrogen) atoms. The van der Waals surface area contributed by atoms with Gasteiger partial charge in [-0.05, 0) is 49.2 Å². The van der Waals surface area contributed by atoms with Crippen molar-refractivity contribution in [3.8, 4) is 0 Å². The molecule has 5 rings (SSSR count). The fourth-order valence-corrected chi connectivity index (χ4v) is 5.44. The van der Waals surface area contributed by atoms with Crippen molar-refractivity contribution in [1.82, 2.24) is 15.0 Å². The van der Waals surface area contributed by atoms with Gasteiger partial charge >= 0.3 is 0 Å². The van der Waals surface area contributed by atoms with Crippen LogP contribution in [0, 0.1) is 0 Å². The van der Waals surface area contributed by atoms with Gasteiger partial charge in [0.25, 0.3) is 0 Å². The van der Waals surface area contributed by atoms with E-state index in [1.165, 1.54) is 0 Å². The number of nitrogens with one attached hydrogen (secondary N) is 2. The minimum absolute atomic E-state index is 0. The van der Waals surface area contributed by atoms with Crippen LogP contribution in [0.1, 0.15) is 29.6 Å². The minimum Gasteiger partial charge on any atom is -0.391 e. The lowest BCUT2D eigenvalue weighted by atomic mass is 10.0. The number of anilines is 5. The predicted molar refractivity (Wildman–Crippen MR) is 169 cm³/mol. The summed E-state index contributed by atoms with van der Waals surface area (Å²) in [6.07, 6.45) is 0.358. The molecule has 13 nitrogen and oxygen atoms in total. The highest BCUT2D eigenvalue weighted by atomic mass is 35.5. The average molecular weight is 632 g/mol. The van der Waals surface area contributed by atoms with Gasteiger partial charge in [-0.2, -0.15) is 15.0 Å². The lowest BCUT2D eigenvalue weighted by Gasteiger charge is -2.35. The fraction of sp³-hybridized carbons (Fsp3) is 0.393. The van der Waals surface area contributed by atoms with Gasteiger partial charge in [-0.1, -0.05) is 23.7 Å². The zero-order valence-corrected chi connectivity index (χ0v) is 25.0. The number of aliphatic hydroxyl groups excluding tert-OH is 1. The number of nitrogens with two attached hydrogens (primary N) is 3. The Hall–Kier alpha value is -3.59. The molecule has 4 atom stereocenters. The van der Waals surface area contributed by atoms with E-state index < -0.39 is 12.0 Å². The van der Waals surface area contributed by atoms with Gasteiger partial charge in [0.05, 0.1) is 23.2 Å². The van der Waals surface area contributed by atoms with Crippen LogP contribution in [0.4, 0.5) is 29.2 Å². The molecule has 0 bridgehead atoms. The van der Waals surface area contributed by atoms with E-state index >= 15 is 0 Å². The van der Waals surface area contributed by atoms with Gasteiger partial charge in [-0.15, -0.1) is 12.4 Å². The number of ketones is 1. The van der Waals surface area contributed by atoms with E-state index in [1.54, 1.807) is 48.5 Å². The molecule has 0 unspecified atom stereocenters. The van der Waals surface area contributed by atoms with Crippen LogP contribution in [0.15, 0.2) is 48.5 Å². The van der Waals surface area contributed by atoms with Crippen molar-refractivity contribution < 1.29 is 14.7 Å². The van der Waals surface area contributed by atoms with Crippen molar-refractivity contribution in [1.29, 1.82) is 0 Å². The Morgan fingerprint density at radius 1 is 0.953 bits per heavy atom. The van der Waals surface area contributed by atoms with E-state index in [0.717, 1.165) is 0 Å². The number of nitrogens with zero attached hydrogens (tertiary/aromatic N) is 5. The van der Waals surface area contributed by atoms with E-state index in [2.05, 4.69) is 20.6 Å². The molecule has 0 radical (unpaired) electrons. The molecule has 0 spiro atoms. The number of β-amino-alcohol motifs (C(OH)–C–C–N with tert-alkyl or cyclic N) is 1. The Labute approximate surface area is 260 Å². The van der Waals surface area contributed by atoms with Crippen molar-refractivity contribution in [3.63, 3.8) is 0 Å². The number of para-hydroxylation sites is 1. The standard InChI is InChI=1S/C28H35ClN10O3.ClH/c29-22-3-1-2-4-23(22)34-25(42)11-24(41)16-5-7-19(8-6-16)33-26-35-27(38-13-17(31)9-18(32)14-38)37-28(36-26)39-15-21(40)10-20(39)12-30;/h1-8,17-18,20-21,40H,9-15,30-32H2,(H,34,42)(H,33,35,36,37);1H/t17-,18+,20-,21-;/m0./s1. The molecular formula is C28H36Cl2N10O3. The summed E-state index contributed by atoms with van der Waals surface area (Å²) in [7, 11) is 0. The van der Waals surface area contributed by atoms with Crippen molar-refractivity contribution in [3.05, 3.63) is 59.1 Å². The topological polar surface area (TPSA) is 202 Å². The van der Waals surface area contributed by atoms with E-state index in [-0.39, 0.29) is 48.7 Å². The van der Waals surface area contributed by atoms with Crippen LogP contribution in [0.5, 0.6) is 0 Å². The zero-order valence-electron chi connectivity index (χ0n) is 23.4. The van der Waals surface area contributed by atoms with E-state index in [0.29, 0.717) is 72.9 Å². The Kier molecular flexibility index (Phi) is 10.7. The molecule has 0 aliphatic carbocycles. The summed E-state index contributed by atoms with van der Waals surface area (Å²) in [5.74, 6) is 0.285. The predicted octanol–water partition coefficient (Wildman–Crippen LogP) is 1.66. The highest BCUT2D eigenvalue weighted by Crippen LogP contribution is 2.27. The molecule has 15 heteroatoms. The molecule has 2 aliphatic rings. The quantitative estimate of drug-likeness (QED) is 0.148. The summed E-state index contributed by atoms with van der Waals surface area (Å²) in [4.78, 5) is 42.9. The minimum atomic E-state index is -0.538. The van der Waals surface area contributed by atoms with Crippen LogP contribution in [0.3, 0.4) is 0 Å². The van der Waals surface area contributed by atoms with Crippen LogP contribution >= 0.6 is 24.0 Å². The average Bonchev–Trinajstić information content (AvgIpc) is 3.34. The van der Waals surface area contributed by atoms with Gasteiger partial charge in [0.15, 0.2) is 5.78 Å². The molecule has 9 N–H and O–H groups in total. The fourth-order valence-electron chi connectivity index (χ4n) is 5.26. The van der Waals surface area contributed by atoms with Crippen molar-refractivity contribution in [2.75, 3.05) is 46.6 Å². The number of amides is 1. The number of carbonyl (C=O) groups is 2. The number of rotatable bonds is 9. The smallest absolute Gasteiger partial charge is 0.233 e. The third-order valence-corrected chi connectivity index (χ3v) is 7.59. The van der Waals surface area contributed by atoms with Crippen LogP contribution in [-0.2, 0) is 4.79 Å². The maximum Gasteiger partial charge on any atom is 0.233 e. The van der Waals surface area contributed by atoms with Crippen molar-refractivity contribution in [2.45, 2.75) is 43.5 Å². The Morgan fingerprint density at radius 3 is 2.30 bits per heavy atom. The number of hydrogen-bond acceptors (Lipinski definition) is 12. The van der Waals surface area contributed by atoms with E-state index in [1.807, 2.05) is 9.80 Å². The number of piperidine rings is 1. The van der Waals surface area contributed by atoms with E-state index in [9.17, 15) is 14.7 Å². The lowest BCUT2D eigenvalue weighted by Crippen LogP contribution is -2.53. The van der Waals surface area contributed by atoms with Gasteiger partial charge in [-0.25, -0.2) is 0 Å². The molecule has 2 aromatic carbocycles. The molecule has 2 aliphatic heterocycles. The first-order valence-electron chi connectivity index (χ1n) is 13.8. The normalized spacial score (nSPS) is 21.7. The number of hydrogen-bond donors (Lipinski definition) is 6. The van der Waals surface area contributed by atoms with Gasteiger partial charge in [0.1, 0.15) is 0 Å². The third-order valence-electron chi connectivity index (χ3n) is 7.26. The summed E-state index contributed by atoms with van der Waals surface area (Å²) < 4.78 is 0. The molecule has 2 fully saturated rings. The largest absolute Gasteiger partial charge is 0.391 e. The van der Waals surface area contributed by atoms with Crippen molar-refractivity contribution in [2.24, 2.45) is 17.2 Å². The number of Topliss-reactive ketones (excluding diaryl/α,β-unsaturated/α-hetero) is 1. The molecule has 0 saturated carbocycles. The second-order valence-electron chi connectivity index (χ2n) is 10.7. The number of aromatic nitrogens is 3. The first-order valence-corrected chi connectivity index (χ1v) is 14.2. The molecular weight excluding hydrogens is 595 g/mol. The van der Waals surface area contributed by atoms with Gasteiger partial charge in [0, 0.05) is 55.6 Å². The molecule has 1 amide bonds. The molecule has 2 saturated heterocycles. The highest BCUT2D eigenvalue weighted by molar-refractivity contribution is 6.33. The summed E-state index contributed by atoms with van der Waals surface area (Å²) in [6.45, 7) is 1.78. The maximum absolute atomic E-state index is 12.7. The Balaban J connectivity index is 0.00000423. The maximum atomic E-state index is 12.7. The third kappa shape index (κ3) is 8.07. The molecule has 3 heterocycles.